The SMILES string of the molecule is C#CCCCN1CCN(c2ncc(Sc3ccc(C#N)cc3)c(OCc3cccc(C=O)c3)n2)CC1. The van der Waals surface area contributed by atoms with Crippen LogP contribution < -0.4 is 9.64 Å². The molecule has 0 spiro atoms. The van der Waals surface area contributed by atoms with Gasteiger partial charge in [0, 0.05) is 43.1 Å². The number of unbranched alkanes of at least 4 members (excludes halogenated alkanes) is 1. The van der Waals surface area contributed by atoms with E-state index in [9.17, 15) is 4.79 Å². The van der Waals surface area contributed by atoms with Crippen LogP contribution in [0.25, 0.3) is 0 Å². The van der Waals surface area contributed by atoms with E-state index in [-0.39, 0.29) is 6.61 Å². The van der Waals surface area contributed by atoms with E-state index in [1.54, 1.807) is 24.4 Å². The minimum atomic E-state index is 0.280. The second kappa shape index (κ2) is 12.7. The highest BCUT2D eigenvalue weighted by molar-refractivity contribution is 7.99. The van der Waals surface area contributed by atoms with E-state index >= 15 is 0 Å². The van der Waals surface area contributed by atoms with Gasteiger partial charge in [0.15, 0.2) is 0 Å². The van der Waals surface area contributed by atoms with Crippen LogP contribution in [0.4, 0.5) is 5.95 Å². The zero-order chi connectivity index (χ0) is 25.2. The quantitative estimate of drug-likeness (QED) is 0.231. The van der Waals surface area contributed by atoms with Gasteiger partial charge in [-0.15, -0.1) is 12.3 Å². The van der Waals surface area contributed by atoms with E-state index in [2.05, 4.69) is 26.8 Å². The molecule has 8 heteroatoms. The van der Waals surface area contributed by atoms with Crippen LogP contribution in [-0.4, -0.2) is 53.9 Å². The maximum absolute atomic E-state index is 11.1. The molecule has 182 valence electrons. The smallest absolute Gasteiger partial charge is 0.232 e. The molecule has 0 saturated carbocycles. The van der Waals surface area contributed by atoms with Crippen LogP contribution in [0.5, 0.6) is 5.88 Å². The van der Waals surface area contributed by atoms with E-state index in [4.69, 9.17) is 21.4 Å². The normalized spacial score (nSPS) is 13.6. The number of nitrogens with zero attached hydrogens (tertiary/aromatic N) is 5. The number of aromatic nitrogens is 2. The van der Waals surface area contributed by atoms with Crippen molar-refractivity contribution in [2.75, 3.05) is 37.6 Å². The molecule has 1 aliphatic heterocycles. The van der Waals surface area contributed by atoms with Crippen LogP contribution >= 0.6 is 11.8 Å². The van der Waals surface area contributed by atoms with Gasteiger partial charge in [-0.25, -0.2) is 4.98 Å². The summed E-state index contributed by atoms with van der Waals surface area (Å²) in [5, 5.41) is 9.07. The monoisotopic (exact) mass is 497 g/mol. The minimum Gasteiger partial charge on any atom is -0.472 e. The summed E-state index contributed by atoms with van der Waals surface area (Å²) in [5.74, 6) is 3.83. The van der Waals surface area contributed by atoms with Gasteiger partial charge in [0.1, 0.15) is 12.9 Å². The van der Waals surface area contributed by atoms with Crippen molar-refractivity contribution in [1.82, 2.24) is 14.9 Å². The standard InChI is InChI=1S/C28H27N5O2S/c1-2-3-4-12-32-13-15-33(16-14-32)28-30-19-26(36-25-10-8-22(18-29)9-11-25)27(31-28)35-21-24-7-5-6-23(17-24)20-34/h1,5-11,17,19-20H,3-4,12-16,21H2. The lowest BCUT2D eigenvalue weighted by atomic mass is 10.1. The van der Waals surface area contributed by atoms with Gasteiger partial charge in [-0.05, 0) is 48.9 Å². The average molecular weight is 498 g/mol. The molecule has 0 atom stereocenters. The van der Waals surface area contributed by atoms with Crippen molar-refractivity contribution >= 4 is 24.0 Å². The number of ether oxygens (including phenoxy) is 1. The first kappa shape index (κ1) is 25.2. The highest BCUT2D eigenvalue weighted by Crippen LogP contribution is 2.35. The molecule has 3 aromatic rings. The molecule has 1 aromatic heterocycles. The second-order valence-electron chi connectivity index (χ2n) is 8.37. The lowest BCUT2D eigenvalue weighted by Gasteiger charge is -2.34. The van der Waals surface area contributed by atoms with Gasteiger partial charge in [-0.2, -0.15) is 10.2 Å². The molecule has 1 aliphatic rings. The Labute approximate surface area is 216 Å². The van der Waals surface area contributed by atoms with Crippen LogP contribution in [0.3, 0.4) is 0 Å². The van der Waals surface area contributed by atoms with Crippen LogP contribution in [0.1, 0.15) is 34.3 Å². The molecular weight excluding hydrogens is 470 g/mol. The molecule has 0 N–H and O–H groups in total. The number of anilines is 1. The summed E-state index contributed by atoms with van der Waals surface area (Å²) >= 11 is 1.48. The minimum absolute atomic E-state index is 0.280. The van der Waals surface area contributed by atoms with Crippen molar-refractivity contribution in [1.29, 1.82) is 5.26 Å². The van der Waals surface area contributed by atoms with Crippen LogP contribution in [0.15, 0.2) is 64.5 Å². The summed E-state index contributed by atoms with van der Waals surface area (Å²) < 4.78 is 6.16. The van der Waals surface area contributed by atoms with Gasteiger partial charge in [0.05, 0.1) is 22.7 Å². The second-order valence-corrected chi connectivity index (χ2v) is 9.48. The Morgan fingerprint density at radius 1 is 1.14 bits per heavy atom. The number of terminal acetylenes is 1. The Kier molecular flexibility index (Phi) is 8.93. The van der Waals surface area contributed by atoms with Gasteiger partial charge in [-0.1, -0.05) is 30.0 Å². The third-order valence-corrected chi connectivity index (χ3v) is 6.84. The maximum Gasteiger partial charge on any atom is 0.232 e. The zero-order valence-corrected chi connectivity index (χ0v) is 20.8. The molecule has 1 fully saturated rings. The zero-order valence-electron chi connectivity index (χ0n) is 20.0. The summed E-state index contributed by atoms with van der Waals surface area (Å²) in [4.78, 5) is 26.9. The lowest BCUT2D eigenvalue weighted by Crippen LogP contribution is -2.47. The largest absolute Gasteiger partial charge is 0.472 e. The first-order chi connectivity index (χ1) is 17.7. The van der Waals surface area contributed by atoms with Gasteiger partial charge in [0.25, 0.3) is 0 Å². The van der Waals surface area contributed by atoms with Crippen molar-refractivity contribution < 1.29 is 9.53 Å². The number of piperazine rings is 1. The van der Waals surface area contributed by atoms with E-state index in [1.807, 2.05) is 30.3 Å². The van der Waals surface area contributed by atoms with Gasteiger partial charge in [0.2, 0.25) is 11.8 Å². The predicted molar refractivity (Wildman–Crippen MR) is 140 cm³/mol. The summed E-state index contributed by atoms with van der Waals surface area (Å²) in [5.41, 5.74) is 2.09. The number of carbonyl (C=O) groups excluding carboxylic acids is 1. The molecule has 0 amide bonds. The van der Waals surface area contributed by atoms with E-state index in [0.717, 1.165) is 67.2 Å². The van der Waals surface area contributed by atoms with Crippen LogP contribution in [-0.2, 0) is 6.61 Å². The first-order valence-corrected chi connectivity index (χ1v) is 12.6. The number of hydrogen-bond donors (Lipinski definition) is 0. The topological polar surface area (TPSA) is 82.4 Å². The number of nitriles is 1. The average Bonchev–Trinajstić information content (AvgIpc) is 2.93. The highest BCUT2D eigenvalue weighted by atomic mass is 32.2. The fourth-order valence-electron chi connectivity index (χ4n) is 3.88. The predicted octanol–water partition coefficient (Wildman–Crippen LogP) is 4.43. The Hall–Kier alpha value is -3.85. The molecule has 1 saturated heterocycles. The van der Waals surface area contributed by atoms with E-state index in [0.29, 0.717) is 23.0 Å². The Morgan fingerprint density at radius 2 is 1.94 bits per heavy atom. The van der Waals surface area contributed by atoms with Crippen molar-refractivity contribution in [2.24, 2.45) is 0 Å². The van der Waals surface area contributed by atoms with Crippen molar-refractivity contribution in [2.45, 2.75) is 29.2 Å². The van der Waals surface area contributed by atoms with Crippen molar-refractivity contribution in [3.05, 3.63) is 71.4 Å². The maximum atomic E-state index is 11.1. The summed E-state index contributed by atoms with van der Waals surface area (Å²) in [6, 6.07) is 16.8. The first-order valence-electron chi connectivity index (χ1n) is 11.8. The molecule has 7 nitrogen and oxygen atoms in total. The van der Waals surface area contributed by atoms with Crippen LogP contribution in [0, 0.1) is 23.7 Å². The Bertz CT molecular complexity index is 1260. The molecule has 36 heavy (non-hydrogen) atoms. The van der Waals surface area contributed by atoms with E-state index < -0.39 is 0 Å². The molecule has 2 heterocycles. The summed E-state index contributed by atoms with van der Waals surface area (Å²) in [6.45, 7) is 4.82. The summed E-state index contributed by atoms with van der Waals surface area (Å²) in [7, 11) is 0. The summed E-state index contributed by atoms with van der Waals surface area (Å²) in [6.07, 6.45) is 9.80. The third kappa shape index (κ3) is 6.85. The molecule has 4 rings (SSSR count). The van der Waals surface area contributed by atoms with Gasteiger partial charge < -0.3 is 9.64 Å². The highest BCUT2D eigenvalue weighted by Gasteiger charge is 2.21. The number of benzene rings is 2. The Morgan fingerprint density at radius 3 is 2.67 bits per heavy atom. The molecular formula is C28H27N5O2S. The van der Waals surface area contributed by atoms with Gasteiger partial charge >= 0.3 is 0 Å². The molecule has 2 aromatic carbocycles. The molecule has 0 radical (unpaired) electrons. The Balaban J connectivity index is 1.50. The number of rotatable bonds is 10. The molecule has 0 bridgehead atoms. The third-order valence-electron chi connectivity index (χ3n) is 5.83. The molecule has 0 unspecified atom stereocenters. The fraction of sp³-hybridized carbons (Fsp3) is 0.286. The number of carbonyl (C=O) groups is 1. The van der Waals surface area contributed by atoms with Crippen molar-refractivity contribution in [3.8, 4) is 24.3 Å². The number of hydrogen-bond acceptors (Lipinski definition) is 8. The molecule has 0 aliphatic carbocycles. The van der Waals surface area contributed by atoms with E-state index in [1.165, 1.54) is 11.8 Å². The van der Waals surface area contributed by atoms with Crippen molar-refractivity contribution in [3.63, 3.8) is 0 Å². The number of aldehydes is 1. The fourth-order valence-corrected chi connectivity index (χ4v) is 4.70. The van der Waals surface area contributed by atoms with Crippen LogP contribution in [0.2, 0.25) is 0 Å². The van der Waals surface area contributed by atoms with Gasteiger partial charge in [-0.3, -0.25) is 9.69 Å². The lowest BCUT2D eigenvalue weighted by molar-refractivity contribution is 0.112.